The van der Waals surface area contributed by atoms with Crippen molar-refractivity contribution in [2.24, 2.45) is 0 Å². The SMILES string of the molecule is Cc1ccc(OCc2nnc3n2CCN(C2CCCC2)[C@@H]3C)cn1. The first-order valence-electron chi connectivity index (χ1n) is 8.95. The summed E-state index contributed by atoms with van der Waals surface area (Å²) < 4.78 is 8.07. The van der Waals surface area contributed by atoms with Gasteiger partial charge in [0.05, 0.1) is 12.2 Å². The van der Waals surface area contributed by atoms with Crippen molar-refractivity contribution >= 4 is 0 Å². The summed E-state index contributed by atoms with van der Waals surface area (Å²) in [7, 11) is 0. The second-order valence-corrected chi connectivity index (χ2v) is 6.90. The van der Waals surface area contributed by atoms with Gasteiger partial charge < -0.3 is 9.30 Å². The summed E-state index contributed by atoms with van der Waals surface area (Å²) in [5.74, 6) is 2.76. The number of aromatic nitrogens is 4. The number of aryl methyl sites for hydroxylation is 1. The second kappa shape index (κ2) is 6.51. The molecule has 1 fully saturated rings. The molecule has 0 bridgehead atoms. The summed E-state index contributed by atoms with van der Waals surface area (Å²) in [6, 6.07) is 4.96. The number of pyridine rings is 1. The number of hydrogen-bond acceptors (Lipinski definition) is 5. The van der Waals surface area contributed by atoms with Crippen molar-refractivity contribution in [3.63, 3.8) is 0 Å². The molecule has 1 saturated carbocycles. The normalized spacial score (nSPS) is 21.8. The lowest BCUT2D eigenvalue weighted by atomic mass is 10.1. The molecule has 0 unspecified atom stereocenters. The van der Waals surface area contributed by atoms with Crippen LogP contribution < -0.4 is 4.74 Å². The third kappa shape index (κ3) is 2.90. The highest BCUT2D eigenvalue weighted by Gasteiger charge is 2.33. The van der Waals surface area contributed by atoms with Gasteiger partial charge in [0.1, 0.15) is 18.2 Å². The fourth-order valence-corrected chi connectivity index (χ4v) is 3.99. The Morgan fingerprint density at radius 1 is 1.17 bits per heavy atom. The van der Waals surface area contributed by atoms with Gasteiger partial charge in [0.2, 0.25) is 0 Å². The molecular formula is C18H25N5O. The highest BCUT2D eigenvalue weighted by Crippen LogP contribution is 2.33. The van der Waals surface area contributed by atoms with Crippen LogP contribution in [-0.4, -0.2) is 37.2 Å². The smallest absolute Gasteiger partial charge is 0.171 e. The van der Waals surface area contributed by atoms with Crippen LogP contribution in [0, 0.1) is 6.92 Å². The first kappa shape index (κ1) is 15.6. The molecule has 0 saturated heterocycles. The quantitative estimate of drug-likeness (QED) is 0.864. The number of rotatable bonds is 4. The Morgan fingerprint density at radius 3 is 2.75 bits per heavy atom. The van der Waals surface area contributed by atoms with E-state index >= 15 is 0 Å². The van der Waals surface area contributed by atoms with Crippen LogP contribution in [0.2, 0.25) is 0 Å². The van der Waals surface area contributed by atoms with Crippen molar-refractivity contribution in [2.75, 3.05) is 6.54 Å². The van der Waals surface area contributed by atoms with Crippen molar-refractivity contribution in [3.8, 4) is 5.75 Å². The minimum Gasteiger partial charge on any atom is -0.484 e. The molecule has 24 heavy (non-hydrogen) atoms. The maximum atomic E-state index is 5.83. The van der Waals surface area contributed by atoms with Gasteiger partial charge in [0, 0.05) is 24.8 Å². The zero-order valence-corrected chi connectivity index (χ0v) is 14.5. The van der Waals surface area contributed by atoms with E-state index in [1.807, 2.05) is 19.1 Å². The average Bonchev–Trinajstić information content (AvgIpc) is 3.25. The van der Waals surface area contributed by atoms with Gasteiger partial charge in [-0.25, -0.2) is 0 Å². The molecule has 0 amide bonds. The standard InChI is InChI=1S/C18H25N5O/c1-13-7-8-16(11-19-13)24-12-17-20-21-18-14(2)22(9-10-23(17)18)15-5-3-4-6-15/h7-8,11,14-15H,3-6,9-10,12H2,1-2H3/t14-/m1/s1. The molecule has 0 aromatic carbocycles. The van der Waals surface area contributed by atoms with Crippen LogP contribution in [0.15, 0.2) is 18.3 Å². The Morgan fingerprint density at radius 2 is 2.00 bits per heavy atom. The molecule has 0 radical (unpaired) electrons. The van der Waals surface area contributed by atoms with Crippen LogP contribution in [0.5, 0.6) is 5.75 Å². The molecule has 2 aromatic rings. The van der Waals surface area contributed by atoms with E-state index in [4.69, 9.17) is 4.74 Å². The van der Waals surface area contributed by atoms with Gasteiger partial charge in [-0.1, -0.05) is 12.8 Å². The Hall–Kier alpha value is -1.95. The zero-order chi connectivity index (χ0) is 16.5. The van der Waals surface area contributed by atoms with E-state index in [2.05, 4.69) is 31.6 Å². The third-order valence-electron chi connectivity index (χ3n) is 5.35. The molecule has 2 aromatic heterocycles. The average molecular weight is 327 g/mol. The van der Waals surface area contributed by atoms with E-state index in [1.165, 1.54) is 25.7 Å². The minimum absolute atomic E-state index is 0.337. The predicted molar refractivity (Wildman–Crippen MR) is 90.7 cm³/mol. The van der Waals surface area contributed by atoms with E-state index in [1.54, 1.807) is 6.20 Å². The van der Waals surface area contributed by atoms with Crippen molar-refractivity contribution in [1.82, 2.24) is 24.6 Å². The highest BCUT2D eigenvalue weighted by molar-refractivity contribution is 5.19. The molecule has 1 aliphatic heterocycles. The monoisotopic (exact) mass is 327 g/mol. The van der Waals surface area contributed by atoms with Crippen LogP contribution in [0.25, 0.3) is 0 Å². The van der Waals surface area contributed by atoms with Gasteiger partial charge >= 0.3 is 0 Å². The van der Waals surface area contributed by atoms with Crippen LogP contribution in [0.1, 0.15) is 56.0 Å². The van der Waals surface area contributed by atoms with Crippen LogP contribution in [-0.2, 0) is 13.2 Å². The van der Waals surface area contributed by atoms with Crippen LogP contribution in [0.3, 0.4) is 0 Å². The van der Waals surface area contributed by atoms with Gasteiger partial charge in [0.25, 0.3) is 0 Å². The second-order valence-electron chi connectivity index (χ2n) is 6.90. The van der Waals surface area contributed by atoms with Crippen molar-refractivity contribution in [3.05, 3.63) is 35.7 Å². The summed E-state index contributed by atoms with van der Waals surface area (Å²) in [6.07, 6.45) is 7.14. The van der Waals surface area contributed by atoms with Gasteiger partial charge in [-0.3, -0.25) is 9.88 Å². The zero-order valence-electron chi connectivity index (χ0n) is 14.5. The molecule has 6 nitrogen and oxygen atoms in total. The van der Waals surface area contributed by atoms with Gasteiger partial charge in [-0.15, -0.1) is 10.2 Å². The lowest BCUT2D eigenvalue weighted by molar-refractivity contribution is 0.108. The molecule has 0 spiro atoms. The maximum absolute atomic E-state index is 5.83. The van der Waals surface area contributed by atoms with E-state index in [-0.39, 0.29) is 0 Å². The topological polar surface area (TPSA) is 56.1 Å². The maximum Gasteiger partial charge on any atom is 0.171 e. The van der Waals surface area contributed by atoms with Crippen molar-refractivity contribution in [2.45, 2.75) is 64.8 Å². The fraction of sp³-hybridized carbons (Fsp3) is 0.611. The first-order chi connectivity index (χ1) is 11.7. The molecule has 6 heteroatoms. The molecule has 0 N–H and O–H groups in total. The van der Waals surface area contributed by atoms with E-state index < -0.39 is 0 Å². The number of hydrogen-bond donors (Lipinski definition) is 0. The minimum atomic E-state index is 0.337. The Balaban J connectivity index is 1.46. The lowest BCUT2D eigenvalue weighted by Crippen LogP contribution is -2.43. The molecule has 1 atom stereocenters. The third-order valence-corrected chi connectivity index (χ3v) is 5.35. The van der Waals surface area contributed by atoms with Gasteiger partial charge in [0.15, 0.2) is 5.82 Å². The summed E-state index contributed by atoms with van der Waals surface area (Å²) in [6.45, 7) is 6.69. The summed E-state index contributed by atoms with van der Waals surface area (Å²) in [4.78, 5) is 6.87. The fourth-order valence-electron chi connectivity index (χ4n) is 3.99. The van der Waals surface area contributed by atoms with Gasteiger partial charge in [-0.05, 0) is 38.8 Å². The highest BCUT2D eigenvalue weighted by atomic mass is 16.5. The number of nitrogens with zero attached hydrogens (tertiary/aromatic N) is 5. The Bertz CT molecular complexity index is 690. The molecule has 3 heterocycles. The summed E-state index contributed by atoms with van der Waals surface area (Å²) in [5, 5.41) is 8.84. The Kier molecular flexibility index (Phi) is 4.22. The molecule has 2 aliphatic rings. The number of fused-ring (bicyclic) bond motifs is 1. The molecule has 4 rings (SSSR count). The van der Waals surface area contributed by atoms with Crippen molar-refractivity contribution < 1.29 is 4.74 Å². The first-order valence-corrected chi connectivity index (χ1v) is 8.95. The molecule has 128 valence electrons. The lowest BCUT2D eigenvalue weighted by Gasteiger charge is -2.37. The van der Waals surface area contributed by atoms with Crippen molar-refractivity contribution in [1.29, 1.82) is 0 Å². The van der Waals surface area contributed by atoms with E-state index in [0.717, 1.165) is 42.2 Å². The largest absolute Gasteiger partial charge is 0.484 e. The summed E-state index contributed by atoms with van der Waals surface area (Å²) in [5.41, 5.74) is 0.989. The van der Waals surface area contributed by atoms with Crippen LogP contribution >= 0.6 is 0 Å². The summed E-state index contributed by atoms with van der Waals surface area (Å²) >= 11 is 0. The van der Waals surface area contributed by atoms with E-state index in [0.29, 0.717) is 12.6 Å². The van der Waals surface area contributed by atoms with Crippen LogP contribution in [0.4, 0.5) is 0 Å². The Labute approximate surface area is 142 Å². The molecular weight excluding hydrogens is 302 g/mol. The van der Waals surface area contributed by atoms with E-state index in [9.17, 15) is 0 Å². The van der Waals surface area contributed by atoms with Gasteiger partial charge in [-0.2, -0.15) is 0 Å². The number of ether oxygens (including phenoxy) is 1. The predicted octanol–water partition coefficient (Wildman–Crippen LogP) is 2.88. The molecule has 1 aliphatic carbocycles.